The number of hydrogen-bond acceptors (Lipinski definition) is 3. The maximum absolute atomic E-state index is 12.5. The van der Waals surface area contributed by atoms with Crippen molar-refractivity contribution >= 4 is 27.7 Å². The van der Waals surface area contributed by atoms with E-state index in [2.05, 4.69) is 20.9 Å². The number of halogens is 3. The van der Waals surface area contributed by atoms with Gasteiger partial charge in [-0.25, -0.2) is 13.8 Å². The topological polar surface area (TPSA) is 76.2 Å². The lowest BCUT2D eigenvalue weighted by atomic mass is 10.1. The second-order valence-corrected chi connectivity index (χ2v) is 3.63. The van der Waals surface area contributed by atoms with Gasteiger partial charge in [0.1, 0.15) is 11.5 Å². The molecule has 0 fully saturated rings. The molecule has 0 aliphatic rings. The highest BCUT2D eigenvalue weighted by molar-refractivity contribution is 9.10. The van der Waals surface area contributed by atoms with Gasteiger partial charge >= 0.3 is 5.97 Å². The summed E-state index contributed by atoms with van der Waals surface area (Å²) in [7, 11) is 0. The highest BCUT2D eigenvalue weighted by Gasteiger charge is 2.18. The van der Waals surface area contributed by atoms with Crippen molar-refractivity contribution in [1.82, 2.24) is 4.98 Å². The molecule has 0 aliphatic carbocycles. The SMILES string of the molecule is Nc1nc(C(F)F)c(CC(=O)O)cc1Br. The Morgan fingerprint density at radius 3 is 2.73 bits per heavy atom. The molecular weight excluding hydrogens is 274 g/mol. The van der Waals surface area contributed by atoms with Gasteiger partial charge in [-0.1, -0.05) is 0 Å². The van der Waals surface area contributed by atoms with E-state index in [0.29, 0.717) is 4.47 Å². The molecule has 15 heavy (non-hydrogen) atoms. The largest absolute Gasteiger partial charge is 0.481 e. The second-order valence-electron chi connectivity index (χ2n) is 2.77. The first-order chi connectivity index (χ1) is 6.91. The van der Waals surface area contributed by atoms with E-state index < -0.39 is 24.5 Å². The van der Waals surface area contributed by atoms with Crippen molar-refractivity contribution in [1.29, 1.82) is 0 Å². The Balaban J connectivity index is 3.21. The molecule has 82 valence electrons. The van der Waals surface area contributed by atoms with Crippen LogP contribution < -0.4 is 5.73 Å². The third kappa shape index (κ3) is 2.85. The zero-order valence-electron chi connectivity index (χ0n) is 7.38. The van der Waals surface area contributed by atoms with Crippen LogP contribution in [0.2, 0.25) is 0 Å². The fourth-order valence-electron chi connectivity index (χ4n) is 1.05. The zero-order chi connectivity index (χ0) is 11.6. The van der Waals surface area contributed by atoms with Gasteiger partial charge in [0.2, 0.25) is 0 Å². The molecule has 1 aromatic heterocycles. The second kappa shape index (κ2) is 4.52. The first-order valence-corrected chi connectivity index (χ1v) is 4.66. The summed E-state index contributed by atoms with van der Waals surface area (Å²) in [6.07, 6.45) is -3.35. The minimum atomic E-state index is -2.84. The molecule has 0 saturated heterocycles. The van der Waals surface area contributed by atoms with Crippen LogP contribution in [0.25, 0.3) is 0 Å². The number of carboxylic acids is 1. The molecule has 0 unspecified atom stereocenters. The Morgan fingerprint density at radius 2 is 2.27 bits per heavy atom. The molecule has 7 heteroatoms. The van der Waals surface area contributed by atoms with E-state index in [9.17, 15) is 13.6 Å². The summed E-state index contributed by atoms with van der Waals surface area (Å²) in [5.74, 6) is -1.28. The molecule has 0 amide bonds. The Hall–Kier alpha value is -1.24. The highest BCUT2D eigenvalue weighted by Crippen LogP contribution is 2.27. The predicted molar refractivity (Wildman–Crippen MR) is 52.6 cm³/mol. The number of aromatic nitrogens is 1. The number of carboxylic acid groups (broad SMARTS) is 1. The average molecular weight is 281 g/mol. The summed E-state index contributed by atoms with van der Waals surface area (Å²) in [4.78, 5) is 13.9. The maximum atomic E-state index is 12.5. The van der Waals surface area contributed by atoms with Crippen LogP contribution in [-0.4, -0.2) is 16.1 Å². The van der Waals surface area contributed by atoms with Crippen molar-refractivity contribution in [3.8, 4) is 0 Å². The van der Waals surface area contributed by atoms with Crippen molar-refractivity contribution in [3.05, 3.63) is 21.8 Å². The third-order valence-electron chi connectivity index (χ3n) is 1.66. The fourth-order valence-corrected chi connectivity index (χ4v) is 1.41. The van der Waals surface area contributed by atoms with Crippen LogP contribution in [0, 0.1) is 0 Å². The monoisotopic (exact) mass is 280 g/mol. The Bertz CT molecular complexity index is 398. The van der Waals surface area contributed by atoms with Gasteiger partial charge in [-0.3, -0.25) is 4.79 Å². The molecule has 0 aliphatic heterocycles. The molecular formula is C8H7BrF2N2O2. The molecule has 0 saturated carbocycles. The quantitative estimate of drug-likeness (QED) is 0.888. The molecule has 0 aromatic carbocycles. The number of anilines is 1. The van der Waals surface area contributed by atoms with Crippen LogP contribution in [0.4, 0.5) is 14.6 Å². The number of hydrogen-bond donors (Lipinski definition) is 2. The molecule has 1 aromatic rings. The minimum absolute atomic E-state index is 0.0430. The molecule has 0 atom stereocenters. The summed E-state index contributed by atoms with van der Waals surface area (Å²) in [5, 5.41) is 8.51. The van der Waals surface area contributed by atoms with E-state index >= 15 is 0 Å². The van der Waals surface area contributed by atoms with Gasteiger partial charge < -0.3 is 10.8 Å². The van der Waals surface area contributed by atoms with Crippen LogP contribution in [0.15, 0.2) is 10.5 Å². The van der Waals surface area contributed by atoms with E-state index in [-0.39, 0.29) is 11.4 Å². The summed E-state index contributed by atoms with van der Waals surface area (Å²) < 4.78 is 25.2. The van der Waals surface area contributed by atoms with Crippen molar-refractivity contribution < 1.29 is 18.7 Å². The summed E-state index contributed by atoms with van der Waals surface area (Å²) in [6, 6.07) is 1.25. The fraction of sp³-hybridized carbons (Fsp3) is 0.250. The van der Waals surface area contributed by atoms with Gasteiger partial charge in [0.15, 0.2) is 0 Å². The van der Waals surface area contributed by atoms with Gasteiger partial charge in [-0.2, -0.15) is 0 Å². The lowest BCUT2D eigenvalue weighted by Gasteiger charge is -2.08. The van der Waals surface area contributed by atoms with Gasteiger partial charge in [-0.05, 0) is 27.6 Å². The number of aliphatic carboxylic acids is 1. The summed E-state index contributed by atoms with van der Waals surface area (Å²) >= 11 is 2.99. The number of pyridine rings is 1. The average Bonchev–Trinajstić information content (AvgIpc) is 2.09. The van der Waals surface area contributed by atoms with Crippen molar-refractivity contribution in [3.63, 3.8) is 0 Å². The van der Waals surface area contributed by atoms with E-state index in [1.54, 1.807) is 0 Å². The summed E-state index contributed by atoms with van der Waals surface area (Å²) in [6.45, 7) is 0. The molecule has 0 radical (unpaired) electrons. The first-order valence-electron chi connectivity index (χ1n) is 3.86. The molecule has 0 spiro atoms. The van der Waals surface area contributed by atoms with E-state index in [1.165, 1.54) is 6.07 Å². The van der Waals surface area contributed by atoms with Crippen LogP contribution >= 0.6 is 15.9 Å². The Morgan fingerprint density at radius 1 is 1.67 bits per heavy atom. The summed E-state index contributed by atoms with van der Waals surface area (Å²) in [5.41, 5.74) is 4.69. The van der Waals surface area contributed by atoms with Crippen LogP contribution in [0.1, 0.15) is 17.7 Å². The van der Waals surface area contributed by atoms with E-state index in [1.807, 2.05) is 0 Å². The van der Waals surface area contributed by atoms with E-state index in [4.69, 9.17) is 10.8 Å². The Labute approximate surface area is 92.2 Å². The highest BCUT2D eigenvalue weighted by atomic mass is 79.9. The van der Waals surface area contributed by atoms with Crippen molar-refractivity contribution in [2.24, 2.45) is 0 Å². The van der Waals surface area contributed by atoms with E-state index in [0.717, 1.165) is 0 Å². The normalized spacial score (nSPS) is 10.7. The van der Waals surface area contributed by atoms with Crippen molar-refractivity contribution in [2.45, 2.75) is 12.8 Å². The van der Waals surface area contributed by atoms with Gasteiger partial charge in [0.25, 0.3) is 6.43 Å². The predicted octanol–water partition coefficient (Wildman–Crippen LogP) is 1.99. The molecule has 0 bridgehead atoms. The number of nitrogens with zero attached hydrogens (tertiary/aromatic N) is 1. The maximum Gasteiger partial charge on any atom is 0.307 e. The zero-order valence-corrected chi connectivity index (χ0v) is 8.96. The van der Waals surface area contributed by atoms with Crippen LogP contribution in [0.5, 0.6) is 0 Å². The minimum Gasteiger partial charge on any atom is -0.481 e. The smallest absolute Gasteiger partial charge is 0.307 e. The van der Waals surface area contributed by atoms with Crippen molar-refractivity contribution in [2.75, 3.05) is 5.73 Å². The molecule has 3 N–H and O–H groups in total. The third-order valence-corrected chi connectivity index (χ3v) is 2.30. The van der Waals surface area contributed by atoms with Gasteiger partial charge in [0, 0.05) is 0 Å². The van der Waals surface area contributed by atoms with Crippen LogP contribution in [0.3, 0.4) is 0 Å². The molecule has 4 nitrogen and oxygen atoms in total. The van der Waals surface area contributed by atoms with Gasteiger partial charge in [-0.15, -0.1) is 0 Å². The lowest BCUT2D eigenvalue weighted by molar-refractivity contribution is -0.136. The molecule has 1 heterocycles. The number of rotatable bonds is 3. The Kier molecular flexibility index (Phi) is 3.57. The number of alkyl halides is 2. The lowest BCUT2D eigenvalue weighted by Crippen LogP contribution is -2.08. The molecule has 1 rings (SSSR count). The number of nitrogens with two attached hydrogens (primary N) is 1. The number of nitrogen functional groups attached to an aromatic ring is 1. The first kappa shape index (κ1) is 11.8. The standard InChI is InChI=1S/C8H7BrF2N2O2/c9-4-1-3(2-5(14)15)6(7(10)11)13-8(4)12/h1,7H,2H2,(H2,12,13)(H,14,15). The number of carbonyl (C=O) groups is 1. The van der Waals surface area contributed by atoms with Crippen LogP contribution in [-0.2, 0) is 11.2 Å². The van der Waals surface area contributed by atoms with Gasteiger partial charge in [0.05, 0.1) is 10.9 Å².